The normalized spacial score (nSPS) is 15.9. The Kier molecular flexibility index (Phi) is 4.59. The van der Waals surface area contributed by atoms with Crippen molar-refractivity contribution in [3.8, 4) is 5.75 Å². The molecule has 2 aromatic carbocycles. The molecule has 4 rings (SSSR count). The molecule has 0 saturated carbocycles. The number of nitrogens with zero attached hydrogens (tertiary/aromatic N) is 2. The van der Waals surface area contributed by atoms with Crippen molar-refractivity contribution in [1.82, 2.24) is 9.97 Å². The molecule has 5 heteroatoms. The molecule has 5 nitrogen and oxygen atoms in total. The lowest BCUT2D eigenvalue weighted by molar-refractivity contribution is 0.0962. The molecule has 0 bridgehead atoms. The van der Waals surface area contributed by atoms with E-state index in [1.54, 1.807) is 13.3 Å². The van der Waals surface area contributed by atoms with Crippen LogP contribution in [0.15, 0.2) is 54.7 Å². The number of Topliss-reactive ketones (excluding diaryl/α,β-unsaturated/α-hetero) is 1. The highest BCUT2D eigenvalue weighted by Crippen LogP contribution is 2.33. The first-order valence-corrected chi connectivity index (χ1v) is 9.00. The second-order valence-electron chi connectivity index (χ2n) is 6.82. The van der Waals surface area contributed by atoms with E-state index in [0.717, 1.165) is 17.8 Å². The van der Waals surface area contributed by atoms with Gasteiger partial charge in [0.15, 0.2) is 5.78 Å². The van der Waals surface area contributed by atoms with Crippen molar-refractivity contribution < 1.29 is 9.53 Å². The lowest BCUT2D eigenvalue weighted by Crippen LogP contribution is -2.21. The van der Waals surface area contributed by atoms with Gasteiger partial charge in [-0.05, 0) is 37.0 Å². The molecule has 0 radical (unpaired) electrons. The molecule has 1 aromatic heterocycles. The monoisotopic (exact) mass is 359 g/mol. The molecule has 1 heterocycles. The van der Waals surface area contributed by atoms with Gasteiger partial charge in [-0.2, -0.15) is 0 Å². The van der Waals surface area contributed by atoms with Crippen LogP contribution >= 0.6 is 0 Å². The van der Waals surface area contributed by atoms with E-state index in [2.05, 4.69) is 40.4 Å². The molecule has 0 unspecified atom stereocenters. The van der Waals surface area contributed by atoms with Gasteiger partial charge in [0.1, 0.15) is 5.75 Å². The second kappa shape index (κ2) is 7.19. The highest BCUT2D eigenvalue weighted by molar-refractivity contribution is 5.98. The molecular formula is C22H21N3O2. The number of benzene rings is 2. The summed E-state index contributed by atoms with van der Waals surface area (Å²) in [4.78, 5) is 21.6. The summed E-state index contributed by atoms with van der Waals surface area (Å²) in [5.74, 6) is 1.44. The number of hydrogen-bond donors (Lipinski definition) is 1. The van der Waals surface area contributed by atoms with Crippen molar-refractivity contribution in [2.24, 2.45) is 0 Å². The van der Waals surface area contributed by atoms with E-state index < -0.39 is 0 Å². The topological polar surface area (TPSA) is 64.1 Å². The molecular weight excluding hydrogens is 338 g/mol. The van der Waals surface area contributed by atoms with Crippen LogP contribution in [0.2, 0.25) is 0 Å². The summed E-state index contributed by atoms with van der Waals surface area (Å²) in [6.45, 7) is 2.07. The highest BCUT2D eigenvalue weighted by Gasteiger charge is 2.28. The molecule has 27 heavy (non-hydrogen) atoms. The Morgan fingerprint density at radius 3 is 2.78 bits per heavy atom. The van der Waals surface area contributed by atoms with Crippen LogP contribution in [0.25, 0.3) is 0 Å². The van der Waals surface area contributed by atoms with Crippen LogP contribution in [0.4, 0.5) is 11.6 Å². The third-order valence-electron chi connectivity index (χ3n) is 4.91. The molecule has 1 aliphatic carbocycles. The summed E-state index contributed by atoms with van der Waals surface area (Å²) in [5, 5.41) is 3.19. The first-order valence-electron chi connectivity index (χ1n) is 9.00. The number of aromatic nitrogens is 2. The lowest BCUT2D eigenvalue weighted by Gasteiger charge is -2.23. The minimum Gasteiger partial charge on any atom is -0.495 e. The summed E-state index contributed by atoms with van der Waals surface area (Å²) in [6.07, 6.45) is 2.86. The number of ketones is 1. The summed E-state index contributed by atoms with van der Waals surface area (Å²) in [6, 6.07) is 16.0. The first-order chi connectivity index (χ1) is 13.1. The van der Waals surface area contributed by atoms with Gasteiger partial charge < -0.3 is 10.1 Å². The number of methoxy groups -OCH3 is 1. The number of rotatable bonds is 4. The number of hydrogen-bond acceptors (Lipinski definition) is 5. The fourth-order valence-electron chi connectivity index (χ4n) is 3.53. The molecule has 3 aromatic rings. The quantitative estimate of drug-likeness (QED) is 0.745. The van der Waals surface area contributed by atoms with Crippen LogP contribution in [0.5, 0.6) is 5.75 Å². The SMILES string of the molecule is COc1ccccc1Nc1ncc2c(n1)C[C@H](c1cccc(C)c1)CC2=O. The maximum Gasteiger partial charge on any atom is 0.227 e. The molecule has 0 aliphatic heterocycles. The maximum atomic E-state index is 12.6. The van der Waals surface area contributed by atoms with Crippen molar-refractivity contribution >= 4 is 17.4 Å². The van der Waals surface area contributed by atoms with Gasteiger partial charge in [-0.3, -0.25) is 4.79 Å². The van der Waals surface area contributed by atoms with Gasteiger partial charge in [-0.1, -0.05) is 42.0 Å². The molecule has 0 saturated heterocycles. The van der Waals surface area contributed by atoms with Crippen molar-refractivity contribution in [2.75, 3.05) is 12.4 Å². The Hall–Kier alpha value is -3.21. The third-order valence-corrected chi connectivity index (χ3v) is 4.91. The minimum atomic E-state index is 0.103. The van der Waals surface area contributed by atoms with Crippen molar-refractivity contribution in [3.63, 3.8) is 0 Å². The molecule has 136 valence electrons. The largest absolute Gasteiger partial charge is 0.495 e. The lowest BCUT2D eigenvalue weighted by atomic mass is 9.82. The third kappa shape index (κ3) is 3.53. The number of para-hydroxylation sites is 2. The Balaban J connectivity index is 1.63. The van der Waals surface area contributed by atoms with Gasteiger partial charge >= 0.3 is 0 Å². The Morgan fingerprint density at radius 1 is 1.11 bits per heavy atom. The Morgan fingerprint density at radius 2 is 1.96 bits per heavy atom. The van der Waals surface area contributed by atoms with E-state index >= 15 is 0 Å². The van der Waals surface area contributed by atoms with Gasteiger partial charge in [0.05, 0.1) is 24.1 Å². The number of anilines is 2. The van der Waals surface area contributed by atoms with Gasteiger partial charge in [-0.25, -0.2) is 9.97 Å². The fourth-order valence-corrected chi connectivity index (χ4v) is 3.53. The second-order valence-corrected chi connectivity index (χ2v) is 6.82. The maximum absolute atomic E-state index is 12.6. The molecule has 0 fully saturated rings. The fraction of sp³-hybridized carbons (Fsp3) is 0.227. The van der Waals surface area contributed by atoms with E-state index in [1.165, 1.54) is 11.1 Å². The van der Waals surface area contributed by atoms with Crippen molar-refractivity contribution in [2.45, 2.75) is 25.7 Å². The predicted octanol–water partition coefficient (Wildman–Crippen LogP) is 4.45. The van der Waals surface area contributed by atoms with Crippen molar-refractivity contribution in [3.05, 3.63) is 77.1 Å². The van der Waals surface area contributed by atoms with E-state index in [9.17, 15) is 4.79 Å². The Labute approximate surface area is 158 Å². The number of ether oxygens (including phenoxy) is 1. The average Bonchev–Trinajstić information content (AvgIpc) is 2.68. The van der Waals surface area contributed by atoms with Gasteiger partial charge in [0.25, 0.3) is 0 Å². The number of aryl methyl sites for hydroxylation is 1. The van der Waals surface area contributed by atoms with E-state index in [1.807, 2.05) is 30.3 Å². The van der Waals surface area contributed by atoms with Crippen LogP contribution in [-0.2, 0) is 6.42 Å². The van der Waals surface area contributed by atoms with Crippen LogP contribution in [0, 0.1) is 6.92 Å². The summed E-state index contributed by atoms with van der Waals surface area (Å²) >= 11 is 0. The molecule has 0 spiro atoms. The zero-order chi connectivity index (χ0) is 18.8. The molecule has 1 N–H and O–H groups in total. The number of nitrogens with one attached hydrogen (secondary N) is 1. The molecule has 0 amide bonds. The summed E-state index contributed by atoms with van der Waals surface area (Å²) < 4.78 is 5.36. The van der Waals surface area contributed by atoms with E-state index in [0.29, 0.717) is 23.7 Å². The minimum absolute atomic E-state index is 0.103. The Bertz CT molecular complexity index is 1000. The van der Waals surface area contributed by atoms with Crippen LogP contribution in [0.3, 0.4) is 0 Å². The highest BCUT2D eigenvalue weighted by atomic mass is 16.5. The number of carbonyl (C=O) groups is 1. The standard InChI is InChI=1S/C22H21N3O2/c1-14-6-5-7-15(10-14)16-11-19-17(20(26)12-16)13-23-22(25-19)24-18-8-3-4-9-21(18)27-2/h3-10,13,16H,11-12H2,1-2H3,(H,23,24,25)/t16-/m0/s1. The first kappa shape index (κ1) is 17.2. The van der Waals surface area contributed by atoms with E-state index in [-0.39, 0.29) is 11.7 Å². The summed E-state index contributed by atoms with van der Waals surface area (Å²) in [5.41, 5.74) is 4.60. The zero-order valence-electron chi connectivity index (χ0n) is 15.4. The average molecular weight is 359 g/mol. The molecule has 1 atom stereocenters. The van der Waals surface area contributed by atoms with Gasteiger partial charge in [0.2, 0.25) is 5.95 Å². The van der Waals surface area contributed by atoms with E-state index in [4.69, 9.17) is 4.74 Å². The van der Waals surface area contributed by atoms with Crippen LogP contribution in [-0.4, -0.2) is 22.9 Å². The smallest absolute Gasteiger partial charge is 0.227 e. The zero-order valence-corrected chi connectivity index (χ0v) is 15.4. The number of carbonyl (C=O) groups excluding carboxylic acids is 1. The molecule has 1 aliphatic rings. The summed E-state index contributed by atoms with van der Waals surface area (Å²) in [7, 11) is 1.62. The van der Waals surface area contributed by atoms with Crippen LogP contribution < -0.4 is 10.1 Å². The van der Waals surface area contributed by atoms with Gasteiger partial charge in [0, 0.05) is 12.6 Å². The van der Waals surface area contributed by atoms with Crippen LogP contribution in [0.1, 0.15) is 39.5 Å². The van der Waals surface area contributed by atoms with Crippen molar-refractivity contribution in [1.29, 1.82) is 0 Å². The predicted molar refractivity (Wildman–Crippen MR) is 105 cm³/mol. The van der Waals surface area contributed by atoms with Gasteiger partial charge in [-0.15, -0.1) is 0 Å². The number of fused-ring (bicyclic) bond motifs is 1.